The summed E-state index contributed by atoms with van der Waals surface area (Å²) in [5.74, 6) is -0.106. The van der Waals surface area contributed by atoms with Gasteiger partial charge in [-0.1, -0.05) is 48.5 Å². The smallest absolute Gasteiger partial charge is 0.174 e. The molecule has 2 N–H and O–H groups in total. The number of benzene rings is 2. The van der Waals surface area contributed by atoms with Crippen molar-refractivity contribution in [1.82, 2.24) is 0 Å². The summed E-state index contributed by atoms with van der Waals surface area (Å²) in [6.45, 7) is 0. The van der Waals surface area contributed by atoms with Crippen LogP contribution in [0.2, 0.25) is 0 Å². The van der Waals surface area contributed by atoms with Gasteiger partial charge in [0.05, 0.1) is 0 Å². The number of aliphatic hydroxyl groups is 1. The van der Waals surface area contributed by atoms with Gasteiger partial charge in [-0.3, -0.25) is 4.79 Å². The topological polar surface area (TPSA) is 57.5 Å². The van der Waals surface area contributed by atoms with E-state index in [9.17, 15) is 15.0 Å². The van der Waals surface area contributed by atoms with E-state index >= 15 is 0 Å². The minimum absolute atomic E-state index is 0.106. The number of phenols is 1. The van der Waals surface area contributed by atoms with Gasteiger partial charge in [-0.25, -0.2) is 0 Å². The third-order valence-corrected chi connectivity index (χ3v) is 2.70. The third-order valence-electron chi connectivity index (χ3n) is 2.70. The first-order valence-corrected chi connectivity index (χ1v) is 5.21. The van der Waals surface area contributed by atoms with Gasteiger partial charge in [-0.2, -0.15) is 0 Å². The highest BCUT2D eigenvalue weighted by atomic mass is 16.3. The Hall–Kier alpha value is -2.13. The number of hydrogen-bond donors (Lipinski definition) is 2. The molecule has 0 radical (unpaired) electrons. The predicted octanol–water partition coefficient (Wildman–Crippen LogP) is 1.83. The summed E-state index contributed by atoms with van der Waals surface area (Å²) in [7, 11) is 0. The maximum Gasteiger partial charge on any atom is 0.174 e. The van der Waals surface area contributed by atoms with Gasteiger partial charge in [0.15, 0.2) is 11.9 Å². The van der Waals surface area contributed by atoms with Crippen molar-refractivity contribution < 1.29 is 15.0 Å². The second-order valence-electron chi connectivity index (χ2n) is 3.77. The van der Waals surface area contributed by atoms with E-state index in [4.69, 9.17) is 0 Å². The Bertz CT molecular complexity index is 522. The van der Waals surface area contributed by atoms with Gasteiger partial charge in [0.2, 0.25) is 0 Å². The van der Waals surface area contributed by atoms with Crippen LogP contribution in [-0.4, -0.2) is 16.5 Å². The number of carbonyl (C=O) groups is 1. The van der Waals surface area contributed by atoms with E-state index in [1.54, 1.807) is 42.5 Å². The second kappa shape index (κ2) is 4.39. The fourth-order valence-corrected chi connectivity index (χ4v) is 1.78. The molecule has 0 saturated heterocycles. The van der Waals surface area contributed by atoms with Gasteiger partial charge in [-0.15, -0.1) is 0 Å². The van der Waals surface area contributed by atoms with Gasteiger partial charge >= 0.3 is 0 Å². The summed E-state index contributed by atoms with van der Waals surface area (Å²) in [4.78, 5) is 11.2. The summed E-state index contributed by atoms with van der Waals surface area (Å²) in [6, 6.07) is 14.8. The van der Waals surface area contributed by atoms with Crippen LogP contribution in [0.4, 0.5) is 0 Å². The van der Waals surface area contributed by atoms with Crippen LogP contribution in [0, 0.1) is 0 Å². The summed E-state index contributed by atoms with van der Waals surface area (Å²) in [5, 5.41) is 20.1. The van der Waals surface area contributed by atoms with E-state index < -0.39 is 5.60 Å². The molecule has 0 aliphatic rings. The second-order valence-corrected chi connectivity index (χ2v) is 3.77. The summed E-state index contributed by atoms with van der Waals surface area (Å²) in [5.41, 5.74) is -1.20. The molecule has 3 nitrogen and oxygen atoms in total. The van der Waals surface area contributed by atoms with Crippen LogP contribution in [0.3, 0.4) is 0 Å². The Kier molecular flexibility index (Phi) is 2.93. The molecule has 0 heterocycles. The normalized spacial score (nSPS) is 13.9. The molecule has 86 valence electrons. The van der Waals surface area contributed by atoms with E-state index in [-0.39, 0.29) is 11.3 Å². The SMILES string of the molecule is O=CC(O)(c1ccccc1)c1ccccc1O. The molecular formula is C14H12O3. The van der Waals surface area contributed by atoms with Crippen LogP contribution in [0.15, 0.2) is 54.6 Å². The van der Waals surface area contributed by atoms with Crippen LogP contribution < -0.4 is 0 Å². The van der Waals surface area contributed by atoms with Gasteiger partial charge in [0.1, 0.15) is 5.75 Å². The van der Waals surface area contributed by atoms with Crippen LogP contribution in [-0.2, 0) is 10.4 Å². The Morgan fingerprint density at radius 3 is 2.12 bits per heavy atom. The maximum absolute atomic E-state index is 11.2. The number of phenolic OH excluding ortho intramolecular Hbond substituents is 1. The molecule has 0 saturated carbocycles. The van der Waals surface area contributed by atoms with E-state index in [0.29, 0.717) is 11.8 Å². The minimum atomic E-state index is -1.81. The van der Waals surface area contributed by atoms with Gasteiger partial charge < -0.3 is 10.2 Å². The lowest BCUT2D eigenvalue weighted by Gasteiger charge is -2.23. The lowest BCUT2D eigenvalue weighted by Crippen LogP contribution is -2.29. The Morgan fingerprint density at radius 2 is 1.53 bits per heavy atom. The molecule has 0 aromatic heterocycles. The highest BCUT2D eigenvalue weighted by Gasteiger charge is 2.33. The third kappa shape index (κ3) is 1.92. The van der Waals surface area contributed by atoms with E-state index in [1.807, 2.05) is 0 Å². The maximum atomic E-state index is 11.2. The fourth-order valence-electron chi connectivity index (χ4n) is 1.78. The Labute approximate surface area is 99.0 Å². The van der Waals surface area contributed by atoms with Crippen molar-refractivity contribution in [3.63, 3.8) is 0 Å². The Balaban J connectivity index is 2.60. The zero-order valence-electron chi connectivity index (χ0n) is 9.08. The molecule has 0 fully saturated rings. The standard InChI is InChI=1S/C14H12O3/c15-10-14(17,11-6-2-1-3-7-11)12-8-4-5-9-13(12)16/h1-10,16-17H. The average molecular weight is 228 g/mol. The first-order chi connectivity index (χ1) is 8.18. The van der Waals surface area contributed by atoms with E-state index in [1.165, 1.54) is 12.1 Å². The van der Waals surface area contributed by atoms with Crippen LogP contribution in [0.5, 0.6) is 5.75 Å². The molecule has 0 aliphatic heterocycles. The molecule has 1 unspecified atom stereocenters. The lowest BCUT2D eigenvalue weighted by molar-refractivity contribution is -0.121. The average Bonchev–Trinajstić information content (AvgIpc) is 2.39. The van der Waals surface area contributed by atoms with Crippen molar-refractivity contribution in [2.75, 3.05) is 0 Å². The highest BCUT2D eigenvalue weighted by Crippen LogP contribution is 2.33. The van der Waals surface area contributed by atoms with Crippen molar-refractivity contribution in [3.8, 4) is 5.75 Å². The highest BCUT2D eigenvalue weighted by molar-refractivity contribution is 5.73. The quantitative estimate of drug-likeness (QED) is 0.788. The van der Waals surface area contributed by atoms with Crippen molar-refractivity contribution in [2.45, 2.75) is 5.60 Å². The molecule has 0 amide bonds. The molecule has 0 spiro atoms. The number of aldehydes is 1. The number of para-hydroxylation sites is 1. The van der Waals surface area contributed by atoms with E-state index in [2.05, 4.69) is 0 Å². The Morgan fingerprint density at radius 1 is 0.941 bits per heavy atom. The largest absolute Gasteiger partial charge is 0.508 e. The molecule has 0 aliphatic carbocycles. The van der Waals surface area contributed by atoms with Gasteiger partial charge in [0.25, 0.3) is 0 Å². The summed E-state index contributed by atoms with van der Waals surface area (Å²) >= 11 is 0. The predicted molar refractivity (Wildman–Crippen MR) is 63.6 cm³/mol. The van der Waals surface area contributed by atoms with Crippen molar-refractivity contribution >= 4 is 6.29 Å². The first-order valence-electron chi connectivity index (χ1n) is 5.21. The van der Waals surface area contributed by atoms with Crippen molar-refractivity contribution in [2.24, 2.45) is 0 Å². The molecular weight excluding hydrogens is 216 g/mol. The minimum Gasteiger partial charge on any atom is -0.508 e. The molecule has 0 bridgehead atoms. The molecule has 2 aromatic carbocycles. The van der Waals surface area contributed by atoms with Crippen LogP contribution in [0.25, 0.3) is 0 Å². The van der Waals surface area contributed by atoms with Gasteiger partial charge in [0, 0.05) is 5.56 Å². The fraction of sp³-hybridized carbons (Fsp3) is 0.0714. The zero-order chi connectivity index (χ0) is 12.3. The monoisotopic (exact) mass is 228 g/mol. The molecule has 1 atom stereocenters. The lowest BCUT2D eigenvalue weighted by atomic mass is 9.87. The van der Waals surface area contributed by atoms with Crippen LogP contribution in [0.1, 0.15) is 11.1 Å². The van der Waals surface area contributed by atoms with Crippen LogP contribution >= 0.6 is 0 Å². The number of carbonyl (C=O) groups excluding carboxylic acids is 1. The zero-order valence-corrected chi connectivity index (χ0v) is 9.08. The van der Waals surface area contributed by atoms with Gasteiger partial charge in [-0.05, 0) is 11.6 Å². The number of hydrogen-bond acceptors (Lipinski definition) is 3. The molecule has 3 heteroatoms. The molecule has 17 heavy (non-hydrogen) atoms. The summed E-state index contributed by atoms with van der Waals surface area (Å²) in [6.07, 6.45) is 0.428. The molecule has 2 aromatic rings. The van der Waals surface area contributed by atoms with Crippen molar-refractivity contribution in [3.05, 3.63) is 65.7 Å². The first kappa shape index (κ1) is 11.4. The van der Waals surface area contributed by atoms with E-state index in [0.717, 1.165) is 0 Å². The summed E-state index contributed by atoms with van der Waals surface area (Å²) < 4.78 is 0. The number of aromatic hydroxyl groups is 1. The number of rotatable bonds is 3. The molecule has 2 rings (SSSR count). The van der Waals surface area contributed by atoms with Crippen molar-refractivity contribution in [1.29, 1.82) is 0 Å².